The maximum Gasteiger partial charge on any atom is 0.145 e. The molecule has 0 aromatic carbocycles. The molecule has 2 rings (SSSR count). The third kappa shape index (κ3) is 4.23. The molecule has 1 aromatic rings. The standard InChI is InChI=1S/C15H28N4/c1-15(2)8-5-13(6-9-15)18(3)10-4-11-19-12-7-14(16)17-19/h7,12-13H,4-6,8-11H2,1-3H3,(H2,16,17). The van der Waals surface area contributed by atoms with Gasteiger partial charge in [0.15, 0.2) is 0 Å². The first-order valence-corrected chi connectivity index (χ1v) is 7.45. The van der Waals surface area contributed by atoms with E-state index in [-0.39, 0.29) is 0 Å². The molecule has 1 aliphatic rings. The van der Waals surface area contributed by atoms with Crippen molar-refractivity contribution in [2.75, 3.05) is 19.3 Å². The van der Waals surface area contributed by atoms with Gasteiger partial charge in [-0.25, -0.2) is 0 Å². The topological polar surface area (TPSA) is 47.1 Å². The molecule has 1 fully saturated rings. The molecule has 108 valence electrons. The van der Waals surface area contributed by atoms with Crippen molar-refractivity contribution in [3.63, 3.8) is 0 Å². The molecule has 1 saturated carbocycles. The number of nitrogens with two attached hydrogens (primary N) is 1. The van der Waals surface area contributed by atoms with Gasteiger partial charge < -0.3 is 10.6 Å². The maximum absolute atomic E-state index is 5.61. The van der Waals surface area contributed by atoms with Crippen molar-refractivity contribution in [2.45, 2.75) is 58.5 Å². The average Bonchev–Trinajstić information content (AvgIpc) is 2.75. The number of rotatable bonds is 5. The summed E-state index contributed by atoms with van der Waals surface area (Å²) in [5.74, 6) is 0.614. The molecule has 4 heteroatoms. The second kappa shape index (κ2) is 5.95. The number of aromatic nitrogens is 2. The molecule has 0 saturated heterocycles. The predicted molar refractivity (Wildman–Crippen MR) is 79.9 cm³/mol. The Kier molecular flexibility index (Phi) is 4.50. The fourth-order valence-corrected chi connectivity index (χ4v) is 2.99. The molecule has 2 N–H and O–H groups in total. The zero-order valence-corrected chi connectivity index (χ0v) is 12.6. The van der Waals surface area contributed by atoms with Crippen LogP contribution in [0.2, 0.25) is 0 Å². The largest absolute Gasteiger partial charge is 0.382 e. The Hall–Kier alpha value is -1.03. The van der Waals surface area contributed by atoms with Gasteiger partial charge in [-0.1, -0.05) is 13.8 Å². The molecule has 19 heavy (non-hydrogen) atoms. The van der Waals surface area contributed by atoms with Gasteiger partial charge in [-0.2, -0.15) is 5.10 Å². The lowest BCUT2D eigenvalue weighted by Gasteiger charge is -2.38. The van der Waals surface area contributed by atoms with Crippen molar-refractivity contribution >= 4 is 5.82 Å². The fraction of sp³-hybridized carbons (Fsp3) is 0.800. The van der Waals surface area contributed by atoms with Gasteiger partial charge in [0.25, 0.3) is 0 Å². The van der Waals surface area contributed by atoms with E-state index in [0.29, 0.717) is 11.2 Å². The van der Waals surface area contributed by atoms with Gasteiger partial charge >= 0.3 is 0 Å². The summed E-state index contributed by atoms with van der Waals surface area (Å²) < 4.78 is 1.94. The summed E-state index contributed by atoms with van der Waals surface area (Å²) >= 11 is 0. The van der Waals surface area contributed by atoms with Crippen LogP contribution in [0.4, 0.5) is 5.82 Å². The molecule has 0 aliphatic heterocycles. The van der Waals surface area contributed by atoms with Gasteiger partial charge in [-0.15, -0.1) is 0 Å². The van der Waals surface area contributed by atoms with E-state index >= 15 is 0 Å². The van der Waals surface area contributed by atoms with Crippen molar-refractivity contribution < 1.29 is 0 Å². The van der Waals surface area contributed by atoms with Gasteiger partial charge in [0.2, 0.25) is 0 Å². The lowest BCUT2D eigenvalue weighted by molar-refractivity contribution is 0.125. The minimum Gasteiger partial charge on any atom is -0.382 e. The minimum atomic E-state index is 0.559. The predicted octanol–water partition coefficient (Wildman–Crippen LogP) is 2.76. The first kappa shape index (κ1) is 14.4. The third-order valence-electron chi connectivity index (χ3n) is 4.49. The van der Waals surface area contributed by atoms with E-state index in [2.05, 4.69) is 30.9 Å². The van der Waals surface area contributed by atoms with E-state index in [1.54, 1.807) is 0 Å². The van der Waals surface area contributed by atoms with Gasteiger partial charge in [-0.3, -0.25) is 4.68 Å². The Morgan fingerprint density at radius 3 is 2.68 bits per heavy atom. The molecular weight excluding hydrogens is 236 g/mol. The monoisotopic (exact) mass is 264 g/mol. The van der Waals surface area contributed by atoms with Crippen LogP contribution in [0.25, 0.3) is 0 Å². The summed E-state index contributed by atoms with van der Waals surface area (Å²) in [5, 5.41) is 4.22. The molecule has 1 aliphatic carbocycles. The highest BCUT2D eigenvalue weighted by molar-refractivity contribution is 5.23. The van der Waals surface area contributed by atoms with E-state index in [1.807, 2.05) is 16.9 Å². The molecule has 4 nitrogen and oxygen atoms in total. The Bertz CT molecular complexity index is 387. The van der Waals surface area contributed by atoms with Gasteiger partial charge in [0.05, 0.1) is 0 Å². The van der Waals surface area contributed by atoms with E-state index in [0.717, 1.165) is 25.6 Å². The Balaban J connectivity index is 1.68. The van der Waals surface area contributed by atoms with Crippen LogP contribution in [0.3, 0.4) is 0 Å². The van der Waals surface area contributed by atoms with Crippen LogP contribution in [-0.4, -0.2) is 34.3 Å². The van der Waals surface area contributed by atoms with Crippen molar-refractivity contribution in [2.24, 2.45) is 5.41 Å². The van der Waals surface area contributed by atoms with Gasteiger partial charge in [0, 0.05) is 18.8 Å². The number of nitrogens with zero attached hydrogens (tertiary/aromatic N) is 3. The van der Waals surface area contributed by atoms with Crippen LogP contribution in [0.1, 0.15) is 46.0 Å². The van der Waals surface area contributed by atoms with Crippen LogP contribution >= 0.6 is 0 Å². The van der Waals surface area contributed by atoms with Gasteiger partial charge in [0.1, 0.15) is 5.82 Å². The van der Waals surface area contributed by atoms with Crippen molar-refractivity contribution in [1.82, 2.24) is 14.7 Å². The van der Waals surface area contributed by atoms with Crippen LogP contribution in [0.15, 0.2) is 12.3 Å². The van der Waals surface area contributed by atoms with Crippen molar-refractivity contribution in [3.8, 4) is 0 Å². The van der Waals surface area contributed by atoms with Crippen LogP contribution in [0.5, 0.6) is 0 Å². The average molecular weight is 264 g/mol. The van der Waals surface area contributed by atoms with Crippen LogP contribution in [-0.2, 0) is 6.54 Å². The Labute approximate surface area is 117 Å². The number of hydrogen-bond acceptors (Lipinski definition) is 3. The third-order valence-corrected chi connectivity index (χ3v) is 4.49. The number of anilines is 1. The molecule has 0 radical (unpaired) electrons. The van der Waals surface area contributed by atoms with Crippen molar-refractivity contribution in [3.05, 3.63) is 12.3 Å². The molecule has 1 heterocycles. The van der Waals surface area contributed by atoms with Crippen molar-refractivity contribution in [1.29, 1.82) is 0 Å². The Morgan fingerprint density at radius 1 is 1.42 bits per heavy atom. The lowest BCUT2D eigenvalue weighted by Crippen LogP contribution is -2.37. The molecule has 0 amide bonds. The normalized spacial score (nSPS) is 20.0. The molecule has 0 atom stereocenters. The maximum atomic E-state index is 5.61. The van der Waals surface area contributed by atoms with E-state index in [1.165, 1.54) is 25.7 Å². The quantitative estimate of drug-likeness (QED) is 0.889. The number of nitrogen functional groups attached to an aromatic ring is 1. The highest BCUT2D eigenvalue weighted by Gasteiger charge is 2.28. The zero-order chi connectivity index (χ0) is 13.9. The van der Waals surface area contributed by atoms with Crippen LogP contribution < -0.4 is 5.73 Å². The second-order valence-electron chi connectivity index (χ2n) is 6.73. The molecule has 1 aromatic heterocycles. The molecule has 0 spiro atoms. The first-order chi connectivity index (χ1) is 8.96. The van der Waals surface area contributed by atoms with E-state index in [9.17, 15) is 0 Å². The highest BCUT2D eigenvalue weighted by Crippen LogP contribution is 2.36. The van der Waals surface area contributed by atoms with Crippen LogP contribution in [0, 0.1) is 5.41 Å². The molecule has 0 bridgehead atoms. The number of hydrogen-bond donors (Lipinski definition) is 1. The zero-order valence-electron chi connectivity index (χ0n) is 12.6. The first-order valence-electron chi connectivity index (χ1n) is 7.45. The summed E-state index contributed by atoms with van der Waals surface area (Å²) in [7, 11) is 2.26. The SMILES string of the molecule is CN(CCCn1ccc(N)n1)C1CCC(C)(C)CC1. The summed E-state index contributed by atoms with van der Waals surface area (Å²) in [6.45, 7) is 6.89. The Morgan fingerprint density at radius 2 is 2.11 bits per heavy atom. The summed E-state index contributed by atoms with van der Waals surface area (Å²) in [4.78, 5) is 2.53. The summed E-state index contributed by atoms with van der Waals surface area (Å²) in [6.07, 6.45) is 8.50. The second-order valence-corrected chi connectivity index (χ2v) is 6.73. The highest BCUT2D eigenvalue weighted by atomic mass is 15.3. The molecule has 0 unspecified atom stereocenters. The molecular formula is C15H28N4. The summed E-state index contributed by atoms with van der Waals surface area (Å²) in [5.41, 5.74) is 6.17. The van der Waals surface area contributed by atoms with Gasteiger partial charge in [-0.05, 0) is 57.2 Å². The minimum absolute atomic E-state index is 0.559. The smallest absolute Gasteiger partial charge is 0.145 e. The lowest BCUT2D eigenvalue weighted by atomic mass is 9.75. The van der Waals surface area contributed by atoms with E-state index < -0.39 is 0 Å². The fourth-order valence-electron chi connectivity index (χ4n) is 2.99. The number of aryl methyl sites for hydroxylation is 1. The summed E-state index contributed by atoms with van der Waals surface area (Å²) in [6, 6.07) is 2.63. The van der Waals surface area contributed by atoms with E-state index in [4.69, 9.17) is 5.73 Å².